The van der Waals surface area contributed by atoms with Gasteiger partial charge in [0.2, 0.25) is 9.84 Å². The first-order valence-corrected chi connectivity index (χ1v) is 12.0. The van der Waals surface area contributed by atoms with E-state index in [1.165, 1.54) is 16.5 Å². The van der Waals surface area contributed by atoms with Gasteiger partial charge in [-0.2, -0.15) is 5.26 Å². The number of nitriles is 1. The SMILES string of the molecule is Cc1cccn2c(=O)c(/C=C(\C#N)S(=O)(=O)c3ccccc3)c(N3C[C@@H](C)O[C@H](C)C3)nc12. The second-order valence-corrected chi connectivity index (χ2v) is 10.1. The molecule has 2 aromatic heterocycles. The van der Waals surface area contributed by atoms with Gasteiger partial charge in [-0.15, -0.1) is 0 Å². The Morgan fingerprint density at radius 2 is 1.82 bits per heavy atom. The molecule has 1 aliphatic heterocycles. The molecule has 0 amide bonds. The van der Waals surface area contributed by atoms with Crippen LogP contribution in [0.25, 0.3) is 11.7 Å². The summed E-state index contributed by atoms with van der Waals surface area (Å²) < 4.78 is 33.5. The number of pyridine rings is 1. The molecule has 170 valence electrons. The molecule has 1 fully saturated rings. The van der Waals surface area contributed by atoms with Gasteiger partial charge in [0.1, 0.15) is 22.4 Å². The molecular weight excluding hydrogens is 440 g/mol. The molecule has 33 heavy (non-hydrogen) atoms. The second-order valence-electron chi connectivity index (χ2n) is 8.14. The maximum atomic E-state index is 13.5. The summed E-state index contributed by atoms with van der Waals surface area (Å²) in [6.07, 6.45) is 2.52. The summed E-state index contributed by atoms with van der Waals surface area (Å²) in [5.41, 5.74) is 0.890. The molecule has 0 spiro atoms. The molecule has 4 rings (SSSR count). The number of ether oxygens (including phenoxy) is 1. The Kier molecular flexibility index (Phi) is 6.06. The van der Waals surface area contributed by atoms with E-state index in [4.69, 9.17) is 9.72 Å². The Labute approximate surface area is 192 Å². The van der Waals surface area contributed by atoms with Gasteiger partial charge in [-0.05, 0) is 50.6 Å². The number of aromatic nitrogens is 2. The van der Waals surface area contributed by atoms with Crippen LogP contribution in [0.15, 0.2) is 63.3 Å². The molecule has 1 aliphatic rings. The summed E-state index contributed by atoms with van der Waals surface area (Å²) in [6, 6.07) is 13.0. The van der Waals surface area contributed by atoms with Crippen LogP contribution in [0.3, 0.4) is 0 Å². The lowest BCUT2D eigenvalue weighted by molar-refractivity contribution is -0.00546. The van der Waals surface area contributed by atoms with E-state index in [-0.39, 0.29) is 22.7 Å². The minimum atomic E-state index is -4.12. The van der Waals surface area contributed by atoms with E-state index < -0.39 is 20.3 Å². The van der Waals surface area contributed by atoms with E-state index in [1.807, 2.05) is 31.7 Å². The molecule has 3 heterocycles. The Balaban J connectivity index is 1.99. The number of fused-ring (bicyclic) bond motifs is 1. The van der Waals surface area contributed by atoms with Gasteiger partial charge >= 0.3 is 0 Å². The van der Waals surface area contributed by atoms with Gasteiger partial charge in [0.05, 0.1) is 22.7 Å². The summed E-state index contributed by atoms with van der Waals surface area (Å²) in [7, 11) is -4.12. The van der Waals surface area contributed by atoms with E-state index in [0.29, 0.717) is 24.6 Å². The highest BCUT2D eigenvalue weighted by atomic mass is 32.2. The predicted octanol–water partition coefficient (Wildman–Crippen LogP) is 2.95. The highest BCUT2D eigenvalue weighted by molar-refractivity contribution is 7.95. The molecule has 8 nitrogen and oxygen atoms in total. The lowest BCUT2D eigenvalue weighted by Crippen LogP contribution is -2.46. The van der Waals surface area contributed by atoms with Gasteiger partial charge in [0.15, 0.2) is 0 Å². The number of nitrogens with zero attached hydrogens (tertiary/aromatic N) is 4. The largest absolute Gasteiger partial charge is 0.372 e. The maximum absolute atomic E-state index is 13.5. The molecule has 0 N–H and O–H groups in total. The first-order chi connectivity index (χ1) is 15.7. The quantitative estimate of drug-likeness (QED) is 0.547. The van der Waals surface area contributed by atoms with Crippen LogP contribution in [0.1, 0.15) is 25.0 Å². The van der Waals surface area contributed by atoms with Gasteiger partial charge in [0.25, 0.3) is 5.56 Å². The molecule has 1 aromatic carbocycles. The molecule has 0 unspecified atom stereocenters. The Morgan fingerprint density at radius 3 is 2.45 bits per heavy atom. The number of anilines is 1. The molecular formula is C24H24N4O4S. The van der Waals surface area contributed by atoms with Crippen LogP contribution in [0.4, 0.5) is 5.82 Å². The highest BCUT2D eigenvalue weighted by Gasteiger charge is 2.28. The minimum Gasteiger partial charge on any atom is -0.372 e. The number of morpholine rings is 1. The van der Waals surface area contributed by atoms with Crippen molar-refractivity contribution in [3.63, 3.8) is 0 Å². The fourth-order valence-corrected chi connectivity index (χ4v) is 5.21. The van der Waals surface area contributed by atoms with E-state index in [0.717, 1.165) is 11.6 Å². The Hall–Kier alpha value is -3.48. The van der Waals surface area contributed by atoms with Crippen molar-refractivity contribution in [3.05, 3.63) is 75.0 Å². The van der Waals surface area contributed by atoms with Crippen LogP contribution < -0.4 is 10.5 Å². The lowest BCUT2D eigenvalue weighted by atomic mass is 10.1. The van der Waals surface area contributed by atoms with Gasteiger partial charge in [-0.3, -0.25) is 9.20 Å². The third-order valence-electron chi connectivity index (χ3n) is 5.51. The smallest absolute Gasteiger partial charge is 0.267 e. The molecule has 1 saturated heterocycles. The van der Waals surface area contributed by atoms with E-state index in [9.17, 15) is 18.5 Å². The zero-order valence-corrected chi connectivity index (χ0v) is 19.4. The van der Waals surface area contributed by atoms with Crippen molar-refractivity contribution < 1.29 is 13.2 Å². The van der Waals surface area contributed by atoms with Gasteiger partial charge in [-0.1, -0.05) is 24.3 Å². The molecule has 2 atom stereocenters. The lowest BCUT2D eigenvalue weighted by Gasteiger charge is -2.36. The summed E-state index contributed by atoms with van der Waals surface area (Å²) in [5, 5.41) is 9.76. The zero-order chi connectivity index (χ0) is 23.8. The highest BCUT2D eigenvalue weighted by Crippen LogP contribution is 2.26. The number of hydrogen-bond donors (Lipinski definition) is 0. The van der Waals surface area contributed by atoms with Crippen LogP contribution in [0.5, 0.6) is 0 Å². The van der Waals surface area contributed by atoms with Gasteiger partial charge < -0.3 is 9.64 Å². The number of hydrogen-bond acceptors (Lipinski definition) is 7. The third-order valence-corrected chi connectivity index (χ3v) is 7.19. The topological polar surface area (TPSA) is 105 Å². The van der Waals surface area contributed by atoms with Crippen molar-refractivity contribution in [2.75, 3.05) is 18.0 Å². The predicted molar refractivity (Wildman–Crippen MR) is 126 cm³/mol. The fraction of sp³-hybridized carbons (Fsp3) is 0.292. The van der Waals surface area contributed by atoms with Crippen molar-refractivity contribution in [2.45, 2.75) is 37.9 Å². The fourth-order valence-electron chi connectivity index (χ4n) is 4.05. The van der Waals surface area contributed by atoms with Crippen LogP contribution in [-0.2, 0) is 14.6 Å². The van der Waals surface area contributed by atoms with E-state index in [2.05, 4.69) is 0 Å². The average molecular weight is 465 g/mol. The van der Waals surface area contributed by atoms with Crippen LogP contribution in [-0.4, -0.2) is 43.1 Å². The van der Waals surface area contributed by atoms with Crippen molar-refractivity contribution in [1.82, 2.24) is 9.38 Å². The number of rotatable bonds is 4. The van der Waals surface area contributed by atoms with E-state index >= 15 is 0 Å². The van der Waals surface area contributed by atoms with Crippen molar-refractivity contribution in [3.8, 4) is 6.07 Å². The molecule has 0 aliphatic carbocycles. The van der Waals surface area contributed by atoms with Crippen molar-refractivity contribution in [1.29, 1.82) is 5.26 Å². The summed E-state index contributed by atoms with van der Waals surface area (Å²) in [5.74, 6) is 0.340. The minimum absolute atomic E-state index is 0.0161. The van der Waals surface area contributed by atoms with Crippen molar-refractivity contribution >= 4 is 27.4 Å². The van der Waals surface area contributed by atoms with Crippen LogP contribution in [0.2, 0.25) is 0 Å². The monoisotopic (exact) mass is 464 g/mol. The molecule has 3 aromatic rings. The third kappa shape index (κ3) is 4.27. The standard InChI is InChI=1S/C24H24N4O4S/c1-16-8-7-11-28-22(16)26-23(27-14-17(2)32-18(3)15-27)21(24(28)29)12-20(13-25)33(30,31)19-9-5-4-6-10-19/h4-12,17-18H,14-15H2,1-3H3/b20-12+/t17-,18-/m1/s1. The Bertz CT molecular complexity index is 1430. The number of aryl methyl sites for hydroxylation is 1. The first kappa shape index (κ1) is 22.7. The zero-order valence-electron chi connectivity index (χ0n) is 18.6. The summed E-state index contributed by atoms with van der Waals surface area (Å²) >= 11 is 0. The number of sulfone groups is 1. The van der Waals surface area contributed by atoms with Crippen molar-refractivity contribution in [2.24, 2.45) is 0 Å². The summed E-state index contributed by atoms with van der Waals surface area (Å²) in [4.78, 5) is 19.7. The van der Waals surface area contributed by atoms with Gasteiger partial charge in [-0.25, -0.2) is 13.4 Å². The number of benzene rings is 1. The van der Waals surface area contributed by atoms with Crippen LogP contribution in [0, 0.1) is 18.3 Å². The average Bonchev–Trinajstić information content (AvgIpc) is 2.78. The second kappa shape index (κ2) is 8.81. The molecule has 0 radical (unpaired) electrons. The molecule has 9 heteroatoms. The number of allylic oxidation sites excluding steroid dienone is 1. The maximum Gasteiger partial charge on any atom is 0.267 e. The first-order valence-electron chi connectivity index (χ1n) is 10.6. The molecule has 0 saturated carbocycles. The van der Waals surface area contributed by atoms with Crippen LogP contribution >= 0.6 is 0 Å². The Morgan fingerprint density at radius 1 is 1.15 bits per heavy atom. The van der Waals surface area contributed by atoms with Gasteiger partial charge in [0, 0.05) is 19.3 Å². The normalized spacial score (nSPS) is 19.5. The molecule has 0 bridgehead atoms. The summed E-state index contributed by atoms with van der Waals surface area (Å²) in [6.45, 7) is 6.67. The van der Waals surface area contributed by atoms with E-state index in [1.54, 1.807) is 36.5 Å².